The van der Waals surface area contributed by atoms with Crippen molar-refractivity contribution in [2.45, 2.75) is 32.3 Å². The normalized spacial score (nSPS) is 14.4. The van der Waals surface area contributed by atoms with Gasteiger partial charge in [-0.2, -0.15) is 0 Å². The van der Waals surface area contributed by atoms with Crippen LogP contribution in [0.5, 0.6) is 5.75 Å². The van der Waals surface area contributed by atoms with Gasteiger partial charge in [-0.1, -0.05) is 72.8 Å². The molecule has 0 aliphatic heterocycles. The topological polar surface area (TPSA) is 9.23 Å². The number of hydrogen-bond donors (Lipinski definition) is 0. The van der Waals surface area contributed by atoms with Crippen LogP contribution in [0.1, 0.15) is 43.4 Å². The highest BCUT2D eigenvalue weighted by Crippen LogP contribution is 2.59. The molecular formula is C25H24O. The first-order chi connectivity index (χ1) is 12.5. The van der Waals surface area contributed by atoms with E-state index in [0.29, 0.717) is 5.92 Å². The smallest absolute Gasteiger partial charge is 0.120 e. The van der Waals surface area contributed by atoms with Crippen molar-refractivity contribution in [3.8, 4) is 5.75 Å². The third kappa shape index (κ3) is 3.43. The van der Waals surface area contributed by atoms with Crippen molar-refractivity contribution in [1.29, 1.82) is 0 Å². The molecule has 3 aromatic carbocycles. The van der Waals surface area contributed by atoms with E-state index in [1.807, 2.05) is 0 Å². The number of benzene rings is 3. The molecule has 4 rings (SSSR count). The first kappa shape index (κ1) is 16.7. The number of allylic oxidation sites excluding steroid dienone is 2. The average Bonchev–Trinajstić information content (AvgIpc) is 3.38. The van der Waals surface area contributed by atoms with Crippen molar-refractivity contribution in [3.63, 3.8) is 0 Å². The van der Waals surface area contributed by atoms with E-state index in [9.17, 15) is 0 Å². The highest BCUT2D eigenvalue weighted by Gasteiger charge is 2.39. The maximum atomic E-state index is 5.97. The Morgan fingerprint density at radius 1 is 0.615 bits per heavy atom. The van der Waals surface area contributed by atoms with Crippen LogP contribution < -0.4 is 4.74 Å². The molecule has 0 heterocycles. The molecule has 0 saturated heterocycles. The molecule has 1 nitrogen and oxygen atoms in total. The SMILES string of the molecule is CC(C)(C)Oc1ccc(C2C(c3ccccc3)=C2c2ccccc2)cc1. The molecule has 130 valence electrons. The van der Waals surface area contributed by atoms with Crippen LogP contribution in [-0.2, 0) is 0 Å². The van der Waals surface area contributed by atoms with Gasteiger partial charge in [0.1, 0.15) is 11.4 Å². The maximum Gasteiger partial charge on any atom is 0.120 e. The minimum absolute atomic E-state index is 0.177. The van der Waals surface area contributed by atoms with Crippen molar-refractivity contribution in [3.05, 3.63) is 102 Å². The van der Waals surface area contributed by atoms with Gasteiger partial charge in [-0.3, -0.25) is 0 Å². The number of hydrogen-bond acceptors (Lipinski definition) is 1. The van der Waals surface area contributed by atoms with Crippen LogP contribution in [0.3, 0.4) is 0 Å². The molecule has 0 spiro atoms. The molecule has 1 aliphatic carbocycles. The lowest BCUT2D eigenvalue weighted by Gasteiger charge is -2.21. The molecule has 0 atom stereocenters. The molecule has 26 heavy (non-hydrogen) atoms. The van der Waals surface area contributed by atoms with Crippen LogP contribution in [0.15, 0.2) is 84.9 Å². The number of ether oxygens (including phenoxy) is 1. The Kier molecular flexibility index (Phi) is 4.16. The Morgan fingerprint density at radius 2 is 1.08 bits per heavy atom. The minimum Gasteiger partial charge on any atom is -0.488 e. The molecule has 0 N–H and O–H groups in total. The van der Waals surface area contributed by atoms with Gasteiger partial charge in [-0.05, 0) is 60.7 Å². The fourth-order valence-electron chi connectivity index (χ4n) is 3.52. The van der Waals surface area contributed by atoms with E-state index < -0.39 is 0 Å². The zero-order chi connectivity index (χ0) is 18.1. The highest BCUT2D eigenvalue weighted by molar-refractivity contribution is 6.14. The summed E-state index contributed by atoms with van der Waals surface area (Å²) in [6.07, 6.45) is 0. The number of rotatable bonds is 4. The largest absolute Gasteiger partial charge is 0.488 e. The molecule has 3 aromatic rings. The summed E-state index contributed by atoms with van der Waals surface area (Å²) in [7, 11) is 0. The lowest BCUT2D eigenvalue weighted by Crippen LogP contribution is -2.22. The molecule has 1 aliphatic rings. The van der Waals surface area contributed by atoms with E-state index in [0.717, 1.165) is 5.75 Å². The van der Waals surface area contributed by atoms with Crippen LogP contribution in [0.25, 0.3) is 11.1 Å². The van der Waals surface area contributed by atoms with Gasteiger partial charge in [-0.15, -0.1) is 0 Å². The zero-order valence-corrected chi connectivity index (χ0v) is 15.6. The van der Waals surface area contributed by atoms with E-state index in [1.54, 1.807) is 0 Å². The third-order valence-corrected chi connectivity index (χ3v) is 4.59. The predicted molar refractivity (Wildman–Crippen MR) is 109 cm³/mol. The molecule has 1 heteroatoms. The van der Waals surface area contributed by atoms with Gasteiger partial charge in [0.2, 0.25) is 0 Å². The van der Waals surface area contributed by atoms with E-state index in [-0.39, 0.29) is 5.60 Å². The monoisotopic (exact) mass is 340 g/mol. The fourth-order valence-corrected chi connectivity index (χ4v) is 3.52. The Labute approximate surface area is 156 Å². The summed E-state index contributed by atoms with van der Waals surface area (Å²) in [5.74, 6) is 1.29. The molecule has 0 radical (unpaired) electrons. The lowest BCUT2D eigenvalue weighted by molar-refractivity contribution is 0.131. The Hall–Kier alpha value is -2.80. The summed E-state index contributed by atoms with van der Waals surface area (Å²) in [4.78, 5) is 0. The summed E-state index contributed by atoms with van der Waals surface area (Å²) >= 11 is 0. The maximum absolute atomic E-state index is 5.97. The van der Waals surface area contributed by atoms with E-state index in [2.05, 4.69) is 106 Å². The average molecular weight is 340 g/mol. The van der Waals surface area contributed by atoms with Crippen LogP contribution >= 0.6 is 0 Å². The molecule has 0 unspecified atom stereocenters. The van der Waals surface area contributed by atoms with E-state index >= 15 is 0 Å². The minimum atomic E-state index is -0.177. The molecule has 0 aromatic heterocycles. The second kappa shape index (κ2) is 6.49. The van der Waals surface area contributed by atoms with Crippen molar-refractivity contribution in [2.75, 3.05) is 0 Å². The first-order valence-electron chi connectivity index (χ1n) is 9.17. The van der Waals surface area contributed by atoms with Crippen LogP contribution in [0.4, 0.5) is 0 Å². The van der Waals surface area contributed by atoms with Gasteiger partial charge in [0.25, 0.3) is 0 Å². The predicted octanol–water partition coefficient (Wildman–Crippen LogP) is 6.57. The van der Waals surface area contributed by atoms with Crippen molar-refractivity contribution in [1.82, 2.24) is 0 Å². The molecule has 0 saturated carbocycles. The third-order valence-electron chi connectivity index (χ3n) is 4.59. The van der Waals surface area contributed by atoms with Crippen molar-refractivity contribution >= 4 is 11.1 Å². The Bertz CT molecular complexity index is 864. The summed E-state index contributed by atoms with van der Waals surface area (Å²) in [5, 5.41) is 0. The summed E-state index contributed by atoms with van der Waals surface area (Å²) in [6.45, 7) is 6.22. The van der Waals surface area contributed by atoms with Gasteiger partial charge < -0.3 is 4.74 Å². The van der Waals surface area contributed by atoms with Crippen LogP contribution in [-0.4, -0.2) is 5.60 Å². The highest BCUT2D eigenvalue weighted by atomic mass is 16.5. The molecule has 0 fully saturated rings. The van der Waals surface area contributed by atoms with Gasteiger partial charge in [-0.25, -0.2) is 0 Å². The quantitative estimate of drug-likeness (QED) is 0.522. The van der Waals surface area contributed by atoms with Gasteiger partial charge in [0.05, 0.1) is 0 Å². The summed E-state index contributed by atoms with van der Waals surface area (Å²) < 4.78 is 5.97. The lowest BCUT2D eigenvalue weighted by atomic mass is 10.0. The second-order valence-corrected chi connectivity index (χ2v) is 7.78. The van der Waals surface area contributed by atoms with Gasteiger partial charge >= 0.3 is 0 Å². The second-order valence-electron chi connectivity index (χ2n) is 7.78. The Morgan fingerprint density at radius 3 is 1.50 bits per heavy atom. The zero-order valence-electron chi connectivity index (χ0n) is 15.6. The summed E-state index contributed by atoms with van der Waals surface area (Å²) in [6, 6.07) is 30.0. The van der Waals surface area contributed by atoms with E-state index in [4.69, 9.17) is 4.74 Å². The van der Waals surface area contributed by atoms with Crippen molar-refractivity contribution < 1.29 is 4.74 Å². The molecular weight excluding hydrogens is 316 g/mol. The van der Waals surface area contributed by atoms with Crippen LogP contribution in [0.2, 0.25) is 0 Å². The molecule has 0 amide bonds. The Balaban J connectivity index is 1.66. The standard InChI is InChI=1S/C25H24O/c1-25(2,3)26-21-16-14-20(15-17-21)24-22(18-10-6-4-7-11-18)23(24)19-12-8-5-9-13-19/h4-17,24H,1-3H3. The summed E-state index contributed by atoms with van der Waals surface area (Å²) in [5.41, 5.74) is 6.63. The van der Waals surface area contributed by atoms with E-state index in [1.165, 1.54) is 27.8 Å². The first-order valence-corrected chi connectivity index (χ1v) is 9.17. The van der Waals surface area contributed by atoms with Gasteiger partial charge in [0, 0.05) is 5.92 Å². The molecule has 0 bridgehead atoms. The van der Waals surface area contributed by atoms with Crippen molar-refractivity contribution in [2.24, 2.45) is 0 Å². The van der Waals surface area contributed by atoms with Gasteiger partial charge in [0.15, 0.2) is 0 Å². The van der Waals surface area contributed by atoms with Crippen LogP contribution in [0, 0.1) is 0 Å². The fraction of sp³-hybridized carbons (Fsp3) is 0.200.